The lowest BCUT2D eigenvalue weighted by Gasteiger charge is -2.11. The van der Waals surface area contributed by atoms with Crippen molar-refractivity contribution in [1.82, 2.24) is 0 Å². The summed E-state index contributed by atoms with van der Waals surface area (Å²) in [6, 6.07) is 16.1. The van der Waals surface area contributed by atoms with Crippen LogP contribution in [0.15, 0.2) is 53.4 Å². The Labute approximate surface area is 105 Å². The molecule has 1 aliphatic rings. The van der Waals surface area contributed by atoms with Gasteiger partial charge >= 0.3 is 0 Å². The van der Waals surface area contributed by atoms with Gasteiger partial charge in [-0.15, -0.1) is 0 Å². The van der Waals surface area contributed by atoms with Crippen LogP contribution in [0.4, 0.5) is 0 Å². The first kappa shape index (κ1) is 10.5. The van der Waals surface area contributed by atoms with E-state index in [0.29, 0.717) is 0 Å². The molecule has 1 atom stereocenters. The lowest BCUT2D eigenvalue weighted by atomic mass is 10.2. The van der Waals surface area contributed by atoms with Gasteiger partial charge in [-0.25, -0.2) is 0 Å². The van der Waals surface area contributed by atoms with Gasteiger partial charge in [-0.3, -0.25) is 0 Å². The average Bonchev–Trinajstić information content (AvgIpc) is 2.82. The Kier molecular flexibility index (Phi) is 2.69. The molecule has 1 unspecified atom stereocenters. The molecule has 0 radical (unpaired) electrons. The van der Waals surface area contributed by atoms with Crippen LogP contribution in [0.2, 0.25) is 0 Å². The van der Waals surface area contributed by atoms with Crippen LogP contribution >= 0.6 is 11.8 Å². The smallest absolute Gasteiger partial charge is 0.174 e. The van der Waals surface area contributed by atoms with E-state index in [9.17, 15) is 0 Å². The number of fused-ring (bicyclic) bond motifs is 1. The Morgan fingerprint density at radius 2 is 2.00 bits per heavy atom. The molecule has 0 aromatic heterocycles. The topological polar surface area (TPSA) is 18.5 Å². The van der Waals surface area contributed by atoms with Gasteiger partial charge in [0.25, 0.3) is 0 Å². The first-order valence-corrected chi connectivity index (χ1v) is 6.31. The summed E-state index contributed by atoms with van der Waals surface area (Å²) in [7, 11) is 1.68. The molecule has 0 saturated carbocycles. The van der Waals surface area contributed by atoms with Crippen LogP contribution in [-0.2, 0) is 0 Å². The second-order valence-corrected chi connectivity index (χ2v) is 4.89. The Morgan fingerprint density at radius 3 is 2.82 bits per heavy atom. The van der Waals surface area contributed by atoms with Gasteiger partial charge < -0.3 is 9.47 Å². The molecule has 3 heteroatoms. The Hall–Kier alpha value is -1.61. The Bertz CT molecular complexity index is 514. The number of rotatable bonds is 2. The third-order valence-corrected chi connectivity index (χ3v) is 3.86. The molecule has 1 aliphatic heterocycles. The molecule has 0 spiro atoms. The molecule has 2 aromatic carbocycles. The Balaban J connectivity index is 1.88. The van der Waals surface area contributed by atoms with Crippen LogP contribution in [0.3, 0.4) is 0 Å². The highest BCUT2D eigenvalue weighted by Crippen LogP contribution is 2.48. The summed E-state index contributed by atoms with van der Waals surface area (Å²) in [4.78, 5) is 1.19. The van der Waals surface area contributed by atoms with E-state index < -0.39 is 0 Å². The molecular formula is C14H12O2S. The number of benzene rings is 2. The molecular weight excluding hydrogens is 232 g/mol. The second-order valence-electron chi connectivity index (χ2n) is 3.79. The molecule has 86 valence electrons. The third-order valence-electron chi connectivity index (χ3n) is 2.68. The highest BCUT2D eigenvalue weighted by atomic mass is 32.2. The lowest BCUT2D eigenvalue weighted by molar-refractivity contribution is 0.301. The molecule has 17 heavy (non-hydrogen) atoms. The minimum Gasteiger partial charge on any atom is -0.497 e. The van der Waals surface area contributed by atoms with Crippen LogP contribution in [0.5, 0.6) is 11.5 Å². The number of thioether (sulfide) groups is 1. The van der Waals surface area contributed by atoms with Crippen molar-refractivity contribution in [2.45, 2.75) is 10.3 Å². The summed E-state index contributed by atoms with van der Waals surface area (Å²) >= 11 is 1.73. The van der Waals surface area contributed by atoms with Crippen LogP contribution in [0.1, 0.15) is 11.0 Å². The average molecular weight is 244 g/mol. The van der Waals surface area contributed by atoms with E-state index in [0.717, 1.165) is 17.1 Å². The van der Waals surface area contributed by atoms with Gasteiger partial charge in [-0.1, -0.05) is 36.0 Å². The highest BCUT2D eigenvalue weighted by Gasteiger charge is 2.24. The maximum absolute atomic E-state index is 5.90. The monoisotopic (exact) mass is 244 g/mol. The van der Waals surface area contributed by atoms with Crippen LogP contribution in [-0.4, -0.2) is 7.11 Å². The fraction of sp³-hybridized carbons (Fsp3) is 0.143. The molecule has 2 nitrogen and oxygen atoms in total. The van der Waals surface area contributed by atoms with Crippen molar-refractivity contribution in [3.63, 3.8) is 0 Å². The van der Waals surface area contributed by atoms with Gasteiger partial charge in [0, 0.05) is 5.56 Å². The number of hydrogen-bond acceptors (Lipinski definition) is 3. The van der Waals surface area contributed by atoms with Gasteiger partial charge in [0.1, 0.15) is 11.5 Å². The van der Waals surface area contributed by atoms with Crippen molar-refractivity contribution < 1.29 is 9.47 Å². The normalized spacial score (nSPS) is 17.4. The van der Waals surface area contributed by atoms with E-state index in [-0.39, 0.29) is 5.44 Å². The number of ether oxygens (including phenoxy) is 2. The predicted molar refractivity (Wildman–Crippen MR) is 68.7 cm³/mol. The predicted octanol–water partition coefficient (Wildman–Crippen LogP) is 3.88. The highest BCUT2D eigenvalue weighted by molar-refractivity contribution is 7.99. The maximum atomic E-state index is 5.90. The van der Waals surface area contributed by atoms with E-state index >= 15 is 0 Å². The first-order chi connectivity index (χ1) is 8.36. The molecule has 0 amide bonds. The van der Waals surface area contributed by atoms with Gasteiger partial charge in [0.2, 0.25) is 0 Å². The molecule has 0 fully saturated rings. The van der Waals surface area contributed by atoms with Crippen molar-refractivity contribution in [2.75, 3.05) is 7.11 Å². The minimum atomic E-state index is 0.0301. The van der Waals surface area contributed by atoms with Crippen molar-refractivity contribution in [3.8, 4) is 11.5 Å². The molecule has 3 rings (SSSR count). The molecule has 0 N–H and O–H groups in total. The standard InChI is InChI=1S/C14H12O2S/c1-15-11-6-4-5-10(9-11)14-16-12-7-2-3-8-13(12)17-14/h2-9,14H,1H3. The van der Waals surface area contributed by atoms with Crippen molar-refractivity contribution in [1.29, 1.82) is 0 Å². The van der Waals surface area contributed by atoms with Crippen LogP contribution in [0, 0.1) is 0 Å². The largest absolute Gasteiger partial charge is 0.497 e. The van der Waals surface area contributed by atoms with Crippen molar-refractivity contribution in [3.05, 3.63) is 54.1 Å². The quantitative estimate of drug-likeness (QED) is 0.798. The molecule has 1 heterocycles. The summed E-state index contributed by atoms with van der Waals surface area (Å²) < 4.78 is 11.1. The molecule has 0 bridgehead atoms. The maximum Gasteiger partial charge on any atom is 0.174 e. The molecule has 2 aromatic rings. The van der Waals surface area contributed by atoms with E-state index in [2.05, 4.69) is 12.1 Å². The zero-order chi connectivity index (χ0) is 11.7. The SMILES string of the molecule is COc1cccc(C2Oc3ccccc3S2)c1. The van der Waals surface area contributed by atoms with E-state index in [1.807, 2.05) is 36.4 Å². The lowest BCUT2D eigenvalue weighted by Crippen LogP contribution is -1.98. The molecule has 0 aliphatic carbocycles. The van der Waals surface area contributed by atoms with Crippen molar-refractivity contribution >= 4 is 11.8 Å². The summed E-state index contributed by atoms with van der Waals surface area (Å²) in [6.07, 6.45) is 0. The summed E-state index contributed by atoms with van der Waals surface area (Å²) in [6.45, 7) is 0. The number of para-hydroxylation sites is 1. The van der Waals surface area contributed by atoms with Gasteiger partial charge in [0.15, 0.2) is 5.44 Å². The fourth-order valence-corrected chi connectivity index (χ4v) is 2.88. The van der Waals surface area contributed by atoms with Gasteiger partial charge in [-0.2, -0.15) is 0 Å². The van der Waals surface area contributed by atoms with Gasteiger partial charge in [-0.05, 0) is 24.3 Å². The van der Waals surface area contributed by atoms with Crippen LogP contribution < -0.4 is 9.47 Å². The van der Waals surface area contributed by atoms with Crippen molar-refractivity contribution in [2.24, 2.45) is 0 Å². The minimum absolute atomic E-state index is 0.0301. The number of hydrogen-bond donors (Lipinski definition) is 0. The first-order valence-electron chi connectivity index (χ1n) is 5.43. The van der Waals surface area contributed by atoms with E-state index in [1.165, 1.54) is 4.90 Å². The summed E-state index contributed by atoms with van der Waals surface area (Å²) in [5.74, 6) is 1.83. The third kappa shape index (κ3) is 1.98. The summed E-state index contributed by atoms with van der Waals surface area (Å²) in [5.41, 5.74) is 1.16. The van der Waals surface area contributed by atoms with E-state index in [4.69, 9.17) is 9.47 Å². The second kappa shape index (κ2) is 4.34. The zero-order valence-corrected chi connectivity index (χ0v) is 10.2. The van der Waals surface area contributed by atoms with Crippen LogP contribution in [0.25, 0.3) is 0 Å². The van der Waals surface area contributed by atoms with Gasteiger partial charge in [0.05, 0.1) is 12.0 Å². The Morgan fingerprint density at radius 1 is 1.12 bits per heavy atom. The summed E-state index contributed by atoms with van der Waals surface area (Å²) in [5, 5.41) is 0. The number of methoxy groups -OCH3 is 1. The van der Waals surface area contributed by atoms with E-state index in [1.54, 1.807) is 18.9 Å². The molecule has 0 saturated heterocycles. The fourth-order valence-electron chi connectivity index (χ4n) is 1.82. The zero-order valence-electron chi connectivity index (χ0n) is 9.42.